The summed E-state index contributed by atoms with van der Waals surface area (Å²) in [5, 5.41) is 3.39. The van der Waals surface area contributed by atoms with Gasteiger partial charge >= 0.3 is 0 Å². The van der Waals surface area contributed by atoms with Crippen LogP contribution in [0, 0.1) is 0 Å². The summed E-state index contributed by atoms with van der Waals surface area (Å²) in [7, 11) is -3.23. The fraction of sp³-hybridized carbons (Fsp3) is 0.500. The van der Waals surface area contributed by atoms with Crippen molar-refractivity contribution in [2.75, 3.05) is 6.54 Å². The summed E-state index contributed by atoms with van der Waals surface area (Å²) in [5.74, 6) is 0. The highest BCUT2D eigenvalue weighted by Crippen LogP contribution is 2.12. The molecule has 5 heteroatoms. The van der Waals surface area contributed by atoms with Gasteiger partial charge in [0.05, 0.1) is 4.90 Å². The van der Waals surface area contributed by atoms with Crippen LogP contribution in [0.3, 0.4) is 0 Å². The minimum absolute atomic E-state index is 0.369. The molecular weight excluding hydrogens is 206 g/mol. The molecule has 0 radical (unpaired) electrons. The van der Waals surface area contributed by atoms with E-state index >= 15 is 0 Å². The SMILES string of the molecule is CCCCNS(=O)(=O)c1ccsc1. The molecule has 1 heterocycles. The summed E-state index contributed by atoms with van der Waals surface area (Å²) in [4.78, 5) is 0.369. The van der Waals surface area contributed by atoms with Gasteiger partial charge in [-0.05, 0) is 17.9 Å². The van der Waals surface area contributed by atoms with Crippen LogP contribution >= 0.6 is 11.3 Å². The van der Waals surface area contributed by atoms with E-state index in [4.69, 9.17) is 0 Å². The van der Waals surface area contributed by atoms with Crippen LogP contribution in [0.1, 0.15) is 19.8 Å². The lowest BCUT2D eigenvalue weighted by atomic mass is 10.3. The summed E-state index contributed by atoms with van der Waals surface area (Å²) in [5.41, 5.74) is 0. The van der Waals surface area contributed by atoms with E-state index in [1.807, 2.05) is 6.92 Å². The van der Waals surface area contributed by atoms with Crippen LogP contribution < -0.4 is 4.72 Å². The molecule has 13 heavy (non-hydrogen) atoms. The molecule has 0 atom stereocenters. The van der Waals surface area contributed by atoms with Crippen molar-refractivity contribution in [1.82, 2.24) is 4.72 Å². The van der Waals surface area contributed by atoms with Crippen molar-refractivity contribution in [3.8, 4) is 0 Å². The smallest absolute Gasteiger partial charge is 0.211 e. The molecule has 1 aromatic rings. The average Bonchev–Trinajstić information content (AvgIpc) is 2.56. The van der Waals surface area contributed by atoms with E-state index in [-0.39, 0.29) is 0 Å². The minimum atomic E-state index is -3.23. The molecule has 0 aliphatic heterocycles. The number of unbranched alkanes of at least 4 members (excludes halogenated alkanes) is 1. The maximum Gasteiger partial charge on any atom is 0.241 e. The minimum Gasteiger partial charge on any atom is -0.211 e. The lowest BCUT2D eigenvalue weighted by Crippen LogP contribution is -2.24. The maximum absolute atomic E-state index is 11.5. The van der Waals surface area contributed by atoms with Crippen LogP contribution in [0.2, 0.25) is 0 Å². The third-order valence-electron chi connectivity index (χ3n) is 1.63. The van der Waals surface area contributed by atoms with Gasteiger partial charge in [-0.3, -0.25) is 0 Å². The summed E-state index contributed by atoms with van der Waals surface area (Å²) in [6.45, 7) is 2.55. The molecule has 0 saturated carbocycles. The van der Waals surface area contributed by atoms with Gasteiger partial charge in [-0.2, -0.15) is 11.3 Å². The third kappa shape index (κ3) is 3.10. The topological polar surface area (TPSA) is 46.2 Å². The van der Waals surface area contributed by atoms with Crippen molar-refractivity contribution in [2.45, 2.75) is 24.7 Å². The Morgan fingerprint density at radius 3 is 2.85 bits per heavy atom. The Balaban J connectivity index is 2.58. The zero-order valence-corrected chi connectivity index (χ0v) is 9.12. The molecular formula is C8H13NO2S2. The van der Waals surface area contributed by atoms with E-state index in [1.54, 1.807) is 16.8 Å². The molecule has 1 rings (SSSR count). The van der Waals surface area contributed by atoms with Crippen molar-refractivity contribution < 1.29 is 8.42 Å². The normalized spacial score (nSPS) is 11.8. The second kappa shape index (κ2) is 4.74. The van der Waals surface area contributed by atoms with Gasteiger partial charge < -0.3 is 0 Å². The summed E-state index contributed by atoms with van der Waals surface area (Å²) in [6, 6.07) is 1.61. The van der Waals surface area contributed by atoms with Crippen molar-refractivity contribution in [2.24, 2.45) is 0 Å². The van der Waals surface area contributed by atoms with Crippen LogP contribution in [-0.2, 0) is 10.0 Å². The standard InChI is InChI=1S/C8H13NO2S2/c1-2-3-5-9-13(10,11)8-4-6-12-7-8/h4,6-7,9H,2-3,5H2,1H3. The first kappa shape index (κ1) is 10.7. The van der Waals surface area contributed by atoms with E-state index < -0.39 is 10.0 Å². The van der Waals surface area contributed by atoms with E-state index in [0.29, 0.717) is 11.4 Å². The molecule has 1 N–H and O–H groups in total. The fourth-order valence-electron chi connectivity index (χ4n) is 0.872. The molecule has 0 amide bonds. The van der Waals surface area contributed by atoms with E-state index in [2.05, 4.69) is 4.72 Å². The second-order valence-electron chi connectivity index (χ2n) is 2.71. The molecule has 1 aromatic heterocycles. The van der Waals surface area contributed by atoms with Crippen molar-refractivity contribution in [1.29, 1.82) is 0 Å². The molecule has 0 unspecified atom stereocenters. The number of thiophene rings is 1. The first-order valence-corrected chi connectivity index (χ1v) is 6.61. The number of nitrogens with one attached hydrogen (secondary N) is 1. The molecule has 74 valence electrons. The highest BCUT2D eigenvalue weighted by Gasteiger charge is 2.12. The Hall–Kier alpha value is -0.390. The number of hydrogen-bond donors (Lipinski definition) is 1. The van der Waals surface area contributed by atoms with Gasteiger partial charge in [0, 0.05) is 11.9 Å². The largest absolute Gasteiger partial charge is 0.241 e. The molecule has 0 saturated heterocycles. The highest BCUT2D eigenvalue weighted by molar-refractivity contribution is 7.89. The van der Waals surface area contributed by atoms with Crippen LogP contribution in [-0.4, -0.2) is 15.0 Å². The lowest BCUT2D eigenvalue weighted by molar-refractivity contribution is 0.579. The quantitative estimate of drug-likeness (QED) is 0.768. The molecule has 0 bridgehead atoms. The maximum atomic E-state index is 11.5. The molecule has 0 aliphatic carbocycles. The van der Waals surface area contributed by atoms with Crippen LogP contribution in [0.5, 0.6) is 0 Å². The zero-order chi connectivity index (χ0) is 9.73. The van der Waals surface area contributed by atoms with Gasteiger partial charge in [0.2, 0.25) is 10.0 Å². The predicted molar refractivity (Wildman–Crippen MR) is 54.4 cm³/mol. The van der Waals surface area contributed by atoms with E-state index in [9.17, 15) is 8.42 Å². The number of rotatable bonds is 5. The molecule has 0 aliphatic rings. The first-order valence-electron chi connectivity index (χ1n) is 4.18. The first-order chi connectivity index (χ1) is 6.17. The average molecular weight is 219 g/mol. The Morgan fingerprint density at radius 2 is 2.31 bits per heavy atom. The highest BCUT2D eigenvalue weighted by atomic mass is 32.2. The fourth-order valence-corrected chi connectivity index (χ4v) is 2.97. The summed E-state index contributed by atoms with van der Waals surface area (Å²) < 4.78 is 25.5. The van der Waals surface area contributed by atoms with Crippen LogP contribution in [0.25, 0.3) is 0 Å². The third-order valence-corrected chi connectivity index (χ3v) is 3.92. The van der Waals surface area contributed by atoms with E-state index in [1.165, 1.54) is 11.3 Å². The lowest BCUT2D eigenvalue weighted by Gasteiger charge is -2.02. The molecule has 0 fully saturated rings. The van der Waals surface area contributed by atoms with Gasteiger partial charge in [0.15, 0.2) is 0 Å². The molecule has 0 spiro atoms. The van der Waals surface area contributed by atoms with Gasteiger partial charge in [-0.15, -0.1) is 0 Å². The second-order valence-corrected chi connectivity index (χ2v) is 5.26. The zero-order valence-electron chi connectivity index (χ0n) is 7.49. The molecule has 3 nitrogen and oxygen atoms in total. The van der Waals surface area contributed by atoms with Gasteiger partial charge in [-0.25, -0.2) is 13.1 Å². The van der Waals surface area contributed by atoms with E-state index in [0.717, 1.165) is 12.8 Å². The van der Waals surface area contributed by atoms with Gasteiger partial charge in [0.1, 0.15) is 0 Å². The van der Waals surface area contributed by atoms with Crippen molar-refractivity contribution in [3.63, 3.8) is 0 Å². The Labute approximate surface area is 82.8 Å². The predicted octanol–water partition coefficient (Wildman–Crippen LogP) is 1.83. The molecule has 0 aromatic carbocycles. The Bertz CT molecular complexity index is 329. The number of sulfonamides is 1. The summed E-state index contributed by atoms with van der Waals surface area (Å²) >= 11 is 1.39. The van der Waals surface area contributed by atoms with Crippen molar-refractivity contribution in [3.05, 3.63) is 16.8 Å². The Kier molecular flexibility index (Phi) is 3.90. The van der Waals surface area contributed by atoms with Crippen molar-refractivity contribution >= 4 is 21.4 Å². The van der Waals surface area contributed by atoms with Crippen LogP contribution in [0.15, 0.2) is 21.7 Å². The van der Waals surface area contributed by atoms with Gasteiger partial charge in [0.25, 0.3) is 0 Å². The summed E-state index contributed by atoms with van der Waals surface area (Å²) in [6.07, 6.45) is 1.87. The van der Waals surface area contributed by atoms with Crippen LogP contribution in [0.4, 0.5) is 0 Å². The van der Waals surface area contributed by atoms with Gasteiger partial charge in [-0.1, -0.05) is 13.3 Å². The monoisotopic (exact) mass is 219 g/mol. The Morgan fingerprint density at radius 1 is 1.54 bits per heavy atom. The number of hydrogen-bond acceptors (Lipinski definition) is 3.